The smallest absolute Gasteiger partial charge is 0.416 e. The highest BCUT2D eigenvalue weighted by Crippen LogP contribution is 2.37. The fourth-order valence-electron chi connectivity index (χ4n) is 6.42. The van der Waals surface area contributed by atoms with Gasteiger partial charge in [0.1, 0.15) is 22.8 Å². The maximum Gasteiger partial charge on any atom is 0.416 e. The zero-order chi connectivity index (χ0) is 33.4. The van der Waals surface area contributed by atoms with Crippen molar-refractivity contribution >= 4 is 22.8 Å². The minimum atomic E-state index is -4.55. The molecule has 48 heavy (non-hydrogen) atoms. The van der Waals surface area contributed by atoms with Crippen LogP contribution >= 0.6 is 0 Å². The van der Waals surface area contributed by atoms with Gasteiger partial charge in [-0.2, -0.15) is 18.3 Å². The lowest BCUT2D eigenvalue weighted by Crippen LogP contribution is -2.44. The van der Waals surface area contributed by atoms with Crippen molar-refractivity contribution in [1.29, 1.82) is 0 Å². The van der Waals surface area contributed by atoms with E-state index in [2.05, 4.69) is 30.4 Å². The summed E-state index contributed by atoms with van der Waals surface area (Å²) in [5, 5.41) is 10.5. The number of ether oxygens (including phenoxy) is 1. The molecule has 1 fully saturated rings. The van der Waals surface area contributed by atoms with Gasteiger partial charge in [0.05, 0.1) is 28.5 Å². The van der Waals surface area contributed by atoms with E-state index >= 15 is 0 Å². The molecule has 0 bridgehead atoms. The van der Waals surface area contributed by atoms with E-state index in [-0.39, 0.29) is 30.3 Å². The molecule has 0 radical (unpaired) electrons. The van der Waals surface area contributed by atoms with E-state index in [9.17, 15) is 18.0 Å². The molecule has 5 aromatic rings. The molecule has 2 aliphatic rings. The number of aromatic nitrogens is 5. The van der Waals surface area contributed by atoms with Gasteiger partial charge in [0.25, 0.3) is 0 Å². The highest BCUT2D eigenvalue weighted by molar-refractivity contribution is 5.90. The molecule has 14 heteroatoms. The zero-order valence-corrected chi connectivity index (χ0v) is 26.6. The van der Waals surface area contributed by atoms with Crippen LogP contribution in [0.25, 0.3) is 22.4 Å². The van der Waals surface area contributed by atoms with Crippen molar-refractivity contribution in [2.45, 2.75) is 38.5 Å². The maximum absolute atomic E-state index is 14.2. The van der Waals surface area contributed by atoms with Gasteiger partial charge in [0, 0.05) is 69.8 Å². The van der Waals surface area contributed by atoms with Gasteiger partial charge in [-0.15, -0.1) is 0 Å². The van der Waals surface area contributed by atoms with Crippen LogP contribution in [0.5, 0.6) is 11.5 Å². The molecule has 0 unspecified atom stereocenters. The number of carbonyl (C=O) groups is 1. The van der Waals surface area contributed by atoms with Crippen LogP contribution in [0.3, 0.4) is 0 Å². The normalized spacial score (nSPS) is 17.4. The number of benzene rings is 1. The Morgan fingerprint density at radius 2 is 1.92 bits per heavy atom. The fourth-order valence-corrected chi connectivity index (χ4v) is 6.42. The molecule has 4 aromatic heterocycles. The van der Waals surface area contributed by atoms with Crippen molar-refractivity contribution < 1.29 is 22.7 Å². The predicted octanol–water partition coefficient (Wildman–Crippen LogP) is 6.45. The third kappa shape index (κ3) is 6.58. The minimum Gasteiger partial charge on any atom is -0.455 e. The summed E-state index contributed by atoms with van der Waals surface area (Å²) in [6.07, 6.45) is 1.24. The Hall–Kier alpha value is -4.95. The number of hydrogen-bond donors (Lipinski definition) is 3. The number of H-pyrrole nitrogens is 2. The van der Waals surface area contributed by atoms with Crippen molar-refractivity contribution in [3.63, 3.8) is 0 Å². The third-order valence-electron chi connectivity index (χ3n) is 9.10. The molecular weight excluding hydrogens is 623 g/mol. The van der Waals surface area contributed by atoms with Crippen LogP contribution in [0.4, 0.5) is 23.7 Å². The molecular formula is C34H36F3N9O2. The number of carbonyl (C=O) groups excluding carboxylic acids is 1. The molecule has 1 aromatic carbocycles. The third-order valence-corrected chi connectivity index (χ3v) is 9.10. The van der Waals surface area contributed by atoms with E-state index in [1.165, 1.54) is 6.07 Å². The second-order valence-electron chi connectivity index (χ2n) is 12.4. The summed E-state index contributed by atoms with van der Waals surface area (Å²) in [4.78, 5) is 31.7. The van der Waals surface area contributed by atoms with Crippen LogP contribution in [0, 0.1) is 0 Å². The summed E-state index contributed by atoms with van der Waals surface area (Å²) in [5.41, 5.74) is 3.44. The molecule has 1 atom stereocenters. The first-order valence-corrected chi connectivity index (χ1v) is 16.0. The molecule has 2 aliphatic heterocycles. The van der Waals surface area contributed by atoms with E-state index in [0.29, 0.717) is 36.8 Å². The van der Waals surface area contributed by atoms with E-state index < -0.39 is 17.8 Å². The van der Waals surface area contributed by atoms with Crippen LogP contribution in [-0.4, -0.2) is 85.7 Å². The summed E-state index contributed by atoms with van der Waals surface area (Å²) in [5.74, 6) is 1.03. The Labute approximate surface area is 275 Å². The van der Waals surface area contributed by atoms with Gasteiger partial charge in [-0.1, -0.05) is 13.0 Å². The second kappa shape index (κ2) is 12.9. The Morgan fingerprint density at radius 3 is 2.67 bits per heavy atom. The lowest BCUT2D eigenvalue weighted by atomic mass is 9.92. The fraction of sp³-hybridized carbons (Fsp3) is 0.353. The van der Waals surface area contributed by atoms with E-state index in [0.717, 1.165) is 53.6 Å². The number of fused-ring (bicyclic) bond motifs is 2. The summed E-state index contributed by atoms with van der Waals surface area (Å²) >= 11 is 0. The van der Waals surface area contributed by atoms with Crippen molar-refractivity contribution in [1.82, 2.24) is 39.8 Å². The lowest BCUT2D eigenvalue weighted by molar-refractivity contribution is -0.138. The predicted molar refractivity (Wildman–Crippen MR) is 175 cm³/mol. The Bertz CT molecular complexity index is 1920. The average Bonchev–Trinajstić information content (AvgIpc) is 3.77. The number of rotatable bonds is 7. The largest absolute Gasteiger partial charge is 0.455 e. The molecule has 1 saturated heterocycles. The van der Waals surface area contributed by atoms with Crippen molar-refractivity contribution in [3.05, 3.63) is 83.4 Å². The number of aromatic amines is 2. The van der Waals surface area contributed by atoms with E-state index in [1.807, 2.05) is 37.1 Å². The van der Waals surface area contributed by atoms with Gasteiger partial charge in [-0.3, -0.25) is 15.0 Å². The summed E-state index contributed by atoms with van der Waals surface area (Å²) < 4.78 is 48.8. The number of nitrogens with zero attached hydrogens (tertiary/aromatic N) is 6. The standard InChI is InChI=1S/C34H36F3N9O2/c1-3-21-19-46(33(47)41-24-5-4-22(27(15-24)34(35,36)37)18-45-12-10-44(2)11-13-45)20-23-14-25(17-39-31(21)23)48-30-7-8-38-32-26(30)16-29(42-32)28-6-9-40-43-28/h4-9,14-17,21H,3,10-13,18-20H2,1-2H3,(H,38,42)(H,40,43)(H,41,47)/t21-/m0/s1. The van der Waals surface area contributed by atoms with E-state index in [4.69, 9.17) is 9.72 Å². The first-order valence-electron chi connectivity index (χ1n) is 16.0. The van der Waals surface area contributed by atoms with E-state index in [1.54, 1.807) is 35.6 Å². The lowest BCUT2D eigenvalue weighted by Gasteiger charge is -2.34. The van der Waals surface area contributed by atoms with Crippen molar-refractivity contribution in [2.75, 3.05) is 45.1 Å². The SMILES string of the molecule is CC[C@H]1CN(C(=O)Nc2ccc(CN3CCN(C)CC3)c(C(F)(F)F)c2)Cc2cc(Oc3ccnc4[nH]c(-c5cc[nH]n5)cc34)cnc21. The quantitative estimate of drug-likeness (QED) is 0.184. The molecule has 6 heterocycles. The number of anilines is 1. The van der Waals surface area contributed by atoms with Crippen LogP contribution in [0.2, 0.25) is 0 Å². The van der Waals surface area contributed by atoms with Crippen LogP contribution in [0.15, 0.2) is 61.1 Å². The van der Waals surface area contributed by atoms with Gasteiger partial charge in [-0.25, -0.2) is 9.78 Å². The van der Waals surface area contributed by atoms with Crippen molar-refractivity contribution in [3.8, 4) is 22.9 Å². The Morgan fingerprint density at radius 1 is 1.08 bits per heavy atom. The van der Waals surface area contributed by atoms with Gasteiger partial charge in [0.2, 0.25) is 0 Å². The molecule has 0 spiro atoms. The molecule has 250 valence electrons. The number of alkyl halides is 3. The molecule has 2 amide bonds. The first-order chi connectivity index (χ1) is 23.1. The highest BCUT2D eigenvalue weighted by Gasteiger charge is 2.35. The first kappa shape index (κ1) is 31.6. The second-order valence-corrected chi connectivity index (χ2v) is 12.4. The minimum absolute atomic E-state index is 0.0426. The van der Waals surface area contributed by atoms with Crippen molar-refractivity contribution in [2.24, 2.45) is 0 Å². The Balaban J connectivity index is 1.08. The van der Waals surface area contributed by atoms with Crippen LogP contribution in [-0.2, 0) is 19.3 Å². The number of nitrogens with one attached hydrogen (secondary N) is 3. The highest BCUT2D eigenvalue weighted by atomic mass is 19.4. The average molecular weight is 660 g/mol. The molecule has 3 N–H and O–H groups in total. The number of pyridine rings is 2. The molecule has 0 aliphatic carbocycles. The van der Waals surface area contributed by atoms with Gasteiger partial charge in [-0.05, 0) is 61.0 Å². The summed E-state index contributed by atoms with van der Waals surface area (Å²) in [6, 6.07) is 11.0. The molecule has 0 saturated carbocycles. The molecule has 11 nitrogen and oxygen atoms in total. The monoisotopic (exact) mass is 659 g/mol. The van der Waals surface area contributed by atoms with Crippen LogP contribution < -0.4 is 10.1 Å². The number of amides is 2. The molecule has 7 rings (SSSR count). The summed E-state index contributed by atoms with van der Waals surface area (Å²) in [7, 11) is 2.00. The number of halogens is 3. The number of urea groups is 1. The zero-order valence-electron chi connectivity index (χ0n) is 26.6. The number of hydrogen-bond acceptors (Lipinski definition) is 7. The summed E-state index contributed by atoms with van der Waals surface area (Å²) in [6.45, 7) is 5.87. The van der Waals surface area contributed by atoms with Gasteiger partial charge in [0.15, 0.2) is 0 Å². The number of piperazine rings is 1. The Kier molecular flexibility index (Phi) is 8.52. The van der Waals surface area contributed by atoms with Gasteiger partial charge >= 0.3 is 12.2 Å². The van der Waals surface area contributed by atoms with Crippen LogP contribution in [0.1, 0.15) is 41.6 Å². The number of likely N-dealkylation sites (N-methyl/N-ethyl adjacent to an activating group) is 1. The maximum atomic E-state index is 14.2. The van der Waals surface area contributed by atoms with Gasteiger partial charge < -0.3 is 24.8 Å². The topological polar surface area (TPSA) is 118 Å².